The third-order valence-corrected chi connectivity index (χ3v) is 3.51. The van der Waals surface area contributed by atoms with E-state index in [-0.39, 0.29) is 0 Å². The van der Waals surface area contributed by atoms with Crippen molar-refractivity contribution in [1.82, 2.24) is 0 Å². The molecule has 0 N–H and O–H groups in total. The van der Waals surface area contributed by atoms with Crippen LogP contribution >= 0.6 is 0 Å². The predicted molar refractivity (Wildman–Crippen MR) is 82.9 cm³/mol. The zero-order valence-electron chi connectivity index (χ0n) is 14.1. The predicted octanol–water partition coefficient (Wildman–Crippen LogP) is 6.20. The fraction of sp³-hybridized carbons (Fsp3) is 0.824. The van der Waals surface area contributed by atoms with Gasteiger partial charge in [-0.15, -0.1) is 0 Å². The third-order valence-electron chi connectivity index (χ3n) is 3.51. The van der Waals surface area contributed by atoms with Crippen molar-refractivity contribution in [2.24, 2.45) is 0 Å². The molecule has 0 amide bonds. The highest BCUT2D eigenvalue weighted by molar-refractivity contribution is 5.78. The van der Waals surface area contributed by atoms with E-state index in [9.17, 15) is 26.7 Å². The van der Waals surface area contributed by atoms with Crippen LogP contribution in [0.2, 0.25) is 0 Å². The standard InChI is InChI=1S/C17H27F5O2/c1-2-3-4-5-6-7-8-9-10-11-12-13-14-24-15(23)16(18,19)17(20,21)22/h3-4H,2,5-14H2,1H3/b4-3-. The number of unbranched alkanes of at least 4 members (excludes halogenated alkanes) is 8. The number of carbonyl (C=O) groups is 1. The quantitative estimate of drug-likeness (QED) is 0.169. The van der Waals surface area contributed by atoms with Gasteiger partial charge < -0.3 is 4.74 Å². The molecule has 0 radical (unpaired) electrons. The summed E-state index contributed by atoms with van der Waals surface area (Å²) in [6.07, 6.45) is 7.89. The maximum atomic E-state index is 12.6. The van der Waals surface area contributed by atoms with Crippen LogP contribution in [-0.4, -0.2) is 24.7 Å². The molecule has 0 aliphatic heterocycles. The monoisotopic (exact) mass is 358 g/mol. The molecular formula is C17H27F5O2. The number of hydrogen-bond donors (Lipinski definition) is 0. The van der Waals surface area contributed by atoms with Crippen molar-refractivity contribution in [3.8, 4) is 0 Å². The highest BCUT2D eigenvalue weighted by atomic mass is 19.4. The molecular weight excluding hydrogens is 331 g/mol. The fourth-order valence-corrected chi connectivity index (χ4v) is 2.08. The van der Waals surface area contributed by atoms with E-state index < -0.39 is 24.7 Å². The molecule has 0 bridgehead atoms. The summed E-state index contributed by atoms with van der Waals surface area (Å²) in [6, 6.07) is 0. The number of esters is 1. The van der Waals surface area contributed by atoms with E-state index in [1.165, 1.54) is 6.42 Å². The summed E-state index contributed by atoms with van der Waals surface area (Å²) in [4.78, 5) is 10.7. The van der Waals surface area contributed by atoms with Crippen LogP contribution < -0.4 is 0 Å². The third kappa shape index (κ3) is 9.88. The molecule has 24 heavy (non-hydrogen) atoms. The maximum absolute atomic E-state index is 12.6. The number of hydrogen-bond acceptors (Lipinski definition) is 2. The van der Waals surface area contributed by atoms with Crippen LogP contribution in [0.1, 0.15) is 71.1 Å². The van der Waals surface area contributed by atoms with Gasteiger partial charge in [0.15, 0.2) is 0 Å². The molecule has 7 heteroatoms. The number of carbonyl (C=O) groups excluding carboxylic acids is 1. The summed E-state index contributed by atoms with van der Waals surface area (Å²) in [5, 5.41) is 0. The SMILES string of the molecule is CC/C=C\CCCCCCCCCCOC(=O)C(F)(F)C(F)(F)F. The normalized spacial score (nSPS) is 12.8. The van der Waals surface area contributed by atoms with E-state index in [2.05, 4.69) is 23.8 Å². The Kier molecular flexibility index (Phi) is 11.7. The molecule has 0 heterocycles. The molecule has 0 aliphatic rings. The van der Waals surface area contributed by atoms with Crippen LogP contribution in [0, 0.1) is 0 Å². The lowest BCUT2D eigenvalue weighted by Gasteiger charge is -2.17. The van der Waals surface area contributed by atoms with Gasteiger partial charge >= 0.3 is 18.1 Å². The Labute approximate surface area is 140 Å². The van der Waals surface area contributed by atoms with Gasteiger partial charge in [0.25, 0.3) is 0 Å². The first-order valence-electron chi connectivity index (χ1n) is 8.50. The maximum Gasteiger partial charge on any atom is 0.465 e. The number of rotatable bonds is 13. The lowest BCUT2D eigenvalue weighted by atomic mass is 10.1. The average Bonchev–Trinajstić information content (AvgIpc) is 2.50. The van der Waals surface area contributed by atoms with E-state index in [0.29, 0.717) is 12.8 Å². The highest BCUT2D eigenvalue weighted by Crippen LogP contribution is 2.36. The van der Waals surface area contributed by atoms with E-state index in [0.717, 1.165) is 44.9 Å². The largest absolute Gasteiger partial charge is 0.465 e. The Morgan fingerprint density at radius 1 is 0.833 bits per heavy atom. The summed E-state index contributed by atoms with van der Waals surface area (Å²) >= 11 is 0. The van der Waals surface area contributed by atoms with Gasteiger partial charge in [-0.05, 0) is 25.7 Å². The van der Waals surface area contributed by atoms with Crippen LogP contribution in [0.5, 0.6) is 0 Å². The minimum Gasteiger partial charge on any atom is -0.461 e. The Morgan fingerprint density at radius 2 is 1.33 bits per heavy atom. The minimum absolute atomic E-state index is 0.293. The smallest absolute Gasteiger partial charge is 0.461 e. The van der Waals surface area contributed by atoms with Gasteiger partial charge in [-0.2, -0.15) is 22.0 Å². The van der Waals surface area contributed by atoms with Crippen molar-refractivity contribution < 1.29 is 31.5 Å². The van der Waals surface area contributed by atoms with E-state index >= 15 is 0 Å². The summed E-state index contributed by atoms with van der Waals surface area (Å²) in [6.45, 7) is 1.69. The van der Waals surface area contributed by atoms with Crippen molar-refractivity contribution in [3.63, 3.8) is 0 Å². The molecule has 0 fully saturated rings. The van der Waals surface area contributed by atoms with Gasteiger partial charge in [0, 0.05) is 0 Å². The van der Waals surface area contributed by atoms with Crippen molar-refractivity contribution in [2.45, 2.75) is 83.2 Å². The van der Waals surface area contributed by atoms with Crippen molar-refractivity contribution in [2.75, 3.05) is 6.61 Å². The molecule has 0 spiro atoms. The summed E-state index contributed by atoms with van der Waals surface area (Å²) in [5.41, 5.74) is 0. The first-order valence-corrected chi connectivity index (χ1v) is 8.50. The van der Waals surface area contributed by atoms with Crippen LogP contribution in [-0.2, 0) is 9.53 Å². The van der Waals surface area contributed by atoms with Crippen LogP contribution in [0.4, 0.5) is 22.0 Å². The van der Waals surface area contributed by atoms with Crippen molar-refractivity contribution >= 4 is 5.97 Å². The number of allylic oxidation sites excluding steroid dienone is 2. The lowest BCUT2D eigenvalue weighted by molar-refractivity contribution is -0.280. The topological polar surface area (TPSA) is 26.3 Å². The zero-order valence-corrected chi connectivity index (χ0v) is 14.1. The lowest BCUT2D eigenvalue weighted by Crippen LogP contribution is -2.45. The summed E-state index contributed by atoms with van der Waals surface area (Å²) < 4.78 is 64.8. The molecule has 0 saturated carbocycles. The van der Waals surface area contributed by atoms with Gasteiger partial charge in [-0.3, -0.25) is 0 Å². The Balaban J connectivity index is 3.49. The molecule has 0 aromatic carbocycles. The van der Waals surface area contributed by atoms with Crippen LogP contribution in [0.15, 0.2) is 12.2 Å². The molecule has 2 nitrogen and oxygen atoms in total. The second-order valence-electron chi connectivity index (χ2n) is 5.70. The van der Waals surface area contributed by atoms with E-state index in [1.807, 2.05) is 0 Å². The van der Waals surface area contributed by atoms with Crippen molar-refractivity contribution in [3.05, 3.63) is 12.2 Å². The van der Waals surface area contributed by atoms with Gasteiger partial charge in [-0.25, -0.2) is 4.79 Å². The number of ether oxygens (including phenoxy) is 1. The fourth-order valence-electron chi connectivity index (χ4n) is 2.08. The second-order valence-corrected chi connectivity index (χ2v) is 5.70. The Bertz CT molecular complexity index is 364. The van der Waals surface area contributed by atoms with E-state index in [1.54, 1.807) is 0 Å². The van der Waals surface area contributed by atoms with Gasteiger partial charge in [0.1, 0.15) is 0 Å². The number of alkyl halides is 5. The van der Waals surface area contributed by atoms with Crippen LogP contribution in [0.3, 0.4) is 0 Å². The molecule has 0 aliphatic carbocycles. The first-order chi connectivity index (χ1) is 11.2. The molecule has 0 unspecified atom stereocenters. The summed E-state index contributed by atoms with van der Waals surface area (Å²) in [5.74, 6) is -7.95. The molecule has 0 aromatic rings. The average molecular weight is 358 g/mol. The minimum atomic E-state index is -5.91. The van der Waals surface area contributed by atoms with Crippen molar-refractivity contribution in [1.29, 1.82) is 0 Å². The Morgan fingerprint density at radius 3 is 1.83 bits per heavy atom. The molecule has 0 rings (SSSR count). The van der Waals surface area contributed by atoms with Gasteiger partial charge in [0.05, 0.1) is 6.61 Å². The van der Waals surface area contributed by atoms with Gasteiger partial charge in [0.2, 0.25) is 0 Å². The molecule has 0 saturated heterocycles. The molecule has 0 atom stereocenters. The molecule has 0 aromatic heterocycles. The van der Waals surface area contributed by atoms with Crippen LogP contribution in [0.25, 0.3) is 0 Å². The summed E-state index contributed by atoms with van der Waals surface area (Å²) in [7, 11) is 0. The number of halogens is 5. The molecule has 142 valence electrons. The first kappa shape index (κ1) is 22.9. The highest BCUT2D eigenvalue weighted by Gasteiger charge is 2.64. The second kappa shape index (κ2) is 12.3. The Hall–Kier alpha value is -1.14. The zero-order chi connectivity index (χ0) is 18.5. The van der Waals surface area contributed by atoms with E-state index in [4.69, 9.17) is 0 Å². The van der Waals surface area contributed by atoms with Gasteiger partial charge in [-0.1, -0.05) is 57.6 Å².